The third kappa shape index (κ3) is 8.09. The van der Waals surface area contributed by atoms with Crippen LogP contribution >= 0.6 is 37.2 Å². The van der Waals surface area contributed by atoms with Crippen molar-refractivity contribution in [2.24, 2.45) is 5.73 Å². The summed E-state index contributed by atoms with van der Waals surface area (Å²) in [7, 11) is 2.18. The van der Waals surface area contributed by atoms with Crippen molar-refractivity contribution in [1.29, 1.82) is 0 Å². The maximum absolute atomic E-state index is 5.44. The number of hydrogen-bond donors (Lipinski definition) is 1. The Morgan fingerprint density at radius 2 is 1.50 bits per heavy atom. The second kappa shape index (κ2) is 11.8. The largest absolute Gasteiger partial charge is 0.330 e. The lowest BCUT2D eigenvalue weighted by molar-refractivity contribution is 0.153. The van der Waals surface area contributed by atoms with Crippen LogP contribution in [0.15, 0.2) is 0 Å². The molecule has 1 aliphatic heterocycles. The highest BCUT2D eigenvalue weighted by Gasteiger charge is 2.11. The molecule has 1 heterocycles. The van der Waals surface area contributed by atoms with Crippen molar-refractivity contribution in [2.45, 2.75) is 6.42 Å². The van der Waals surface area contributed by atoms with E-state index in [0.717, 1.165) is 13.0 Å². The van der Waals surface area contributed by atoms with Gasteiger partial charge in [0.2, 0.25) is 0 Å². The van der Waals surface area contributed by atoms with Crippen molar-refractivity contribution < 1.29 is 0 Å². The number of likely N-dealkylation sites (N-methyl/N-ethyl adjacent to an activating group) is 1. The predicted octanol–water partition coefficient (Wildman–Crippen LogP) is 0.848. The molecule has 90 valence electrons. The topological polar surface area (TPSA) is 32.5 Å². The molecule has 1 fully saturated rings. The minimum atomic E-state index is 0. The first-order valence-corrected chi connectivity index (χ1v) is 4.44. The standard InChI is InChI=1S/C8H19N3.3ClH/c1-10-5-7-11(8-6-10)4-2-3-9;;;/h2-9H2,1H3;3*1H. The Morgan fingerprint density at radius 1 is 1.00 bits per heavy atom. The van der Waals surface area contributed by atoms with Crippen LogP contribution in [0.2, 0.25) is 0 Å². The summed E-state index contributed by atoms with van der Waals surface area (Å²) in [5.41, 5.74) is 5.44. The van der Waals surface area contributed by atoms with Gasteiger partial charge in [-0.15, -0.1) is 37.2 Å². The summed E-state index contributed by atoms with van der Waals surface area (Å²) in [5.74, 6) is 0. The molecule has 6 heteroatoms. The van der Waals surface area contributed by atoms with Crippen LogP contribution in [0.5, 0.6) is 0 Å². The van der Waals surface area contributed by atoms with Crippen molar-refractivity contribution in [3.63, 3.8) is 0 Å². The fraction of sp³-hybridized carbons (Fsp3) is 1.00. The molecule has 2 N–H and O–H groups in total. The molecule has 1 rings (SSSR count). The zero-order chi connectivity index (χ0) is 8.10. The van der Waals surface area contributed by atoms with Gasteiger partial charge in [0, 0.05) is 26.2 Å². The van der Waals surface area contributed by atoms with Gasteiger partial charge in [0.05, 0.1) is 0 Å². The van der Waals surface area contributed by atoms with Gasteiger partial charge in [0.1, 0.15) is 0 Å². The number of rotatable bonds is 3. The molecule has 0 unspecified atom stereocenters. The Balaban J connectivity index is -0.000000403. The normalized spacial score (nSPS) is 17.6. The van der Waals surface area contributed by atoms with Crippen LogP contribution in [0.1, 0.15) is 6.42 Å². The Bertz CT molecular complexity index is 105. The Kier molecular flexibility index (Phi) is 17.1. The van der Waals surface area contributed by atoms with Gasteiger partial charge in [-0.2, -0.15) is 0 Å². The maximum atomic E-state index is 5.44. The summed E-state index contributed by atoms with van der Waals surface area (Å²) in [6, 6.07) is 0. The van der Waals surface area contributed by atoms with Gasteiger partial charge in [0.25, 0.3) is 0 Å². The Morgan fingerprint density at radius 3 is 1.93 bits per heavy atom. The minimum absolute atomic E-state index is 0. The third-order valence-electron chi connectivity index (χ3n) is 2.27. The second-order valence-corrected chi connectivity index (χ2v) is 3.29. The number of nitrogens with zero attached hydrogens (tertiary/aromatic N) is 2. The average Bonchev–Trinajstić information content (AvgIpc) is 2.04. The molecule has 1 aliphatic rings. The second-order valence-electron chi connectivity index (χ2n) is 3.29. The van der Waals surface area contributed by atoms with E-state index in [0.29, 0.717) is 0 Å². The SMILES string of the molecule is CN1CCN(CCCN)CC1.Cl.Cl.Cl. The number of piperazine rings is 1. The Labute approximate surface area is 106 Å². The summed E-state index contributed by atoms with van der Waals surface area (Å²) in [6.07, 6.45) is 1.14. The van der Waals surface area contributed by atoms with Gasteiger partial charge < -0.3 is 15.5 Å². The molecule has 14 heavy (non-hydrogen) atoms. The van der Waals surface area contributed by atoms with Crippen molar-refractivity contribution in [2.75, 3.05) is 46.3 Å². The van der Waals surface area contributed by atoms with Gasteiger partial charge in [-0.25, -0.2) is 0 Å². The fourth-order valence-electron chi connectivity index (χ4n) is 1.39. The zero-order valence-corrected chi connectivity index (χ0v) is 11.1. The van der Waals surface area contributed by atoms with E-state index in [-0.39, 0.29) is 37.2 Å². The van der Waals surface area contributed by atoms with E-state index in [4.69, 9.17) is 5.73 Å². The molecule has 0 saturated carbocycles. The van der Waals surface area contributed by atoms with E-state index < -0.39 is 0 Å². The quantitative estimate of drug-likeness (QED) is 0.822. The van der Waals surface area contributed by atoms with Crippen LogP contribution in [-0.2, 0) is 0 Å². The molecule has 0 amide bonds. The molecular weight excluding hydrogens is 244 g/mol. The summed E-state index contributed by atoms with van der Waals surface area (Å²) in [5, 5.41) is 0. The van der Waals surface area contributed by atoms with Gasteiger partial charge in [-0.05, 0) is 26.6 Å². The zero-order valence-electron chi connectivity index (χ0n) is 8.65. The molecular formula is C8H22Cl3N3. The van der Waals surface area contributed by atoms with Crippen LogP contribution in [0.4, 0.5) is 0 Å². The van der Waals surface area contributed by atoms with Gasteiger partial charge in [0.15, 0.2) is 0 Å². The lowest BCUT2D eigenvalue weighted by atomic mass is 10.3. The van der Waals surface area contributed by atoms with Gasteiger partial charge >= 0.3 is 0 Å². The predicted molar refractivity (Wildman–Crippen MR) is 69.4 cm³/mol. The van der Waals surface area contributed by atoms with Crippen LogP contribution < -0.4 is 5.73 Å². The van der Waals surface area contributed by atoms with E-state index in [1.807, 2.05) is 0 Å². The number of halogens is 3. The first kappa shape index (κ1) is 20.2. The molecule has 0 radical (unpaired) electrons. The van der Waals surface area contributed by atoms with Crippen LogP contribution in [-0.4, -0.2) is 56.1 Å². The Hall–Kier alpha value is 0.750. The first-order chi connectivity index (χ1) is 5.33. The third-order valence-corrected chi connectivity index (χ3v) is 2.27. The molecule has 0 aliphatic carbocycles. The summed E-state index contributed by atoms with van der Waals surface area (Å²) in [4.78, 5) is 4.87. The summed E-state index contributed by atoms with van der Waals surface area (Å²) in [6.45, 7) is 6.87. The summed E-state index contributed by atoms with van der Waals surface area (Å²) >= 11 is 0. The van der Waals surface area contributed by atoms with E-state index >= 15 is 0 Å². The van der Waals surface area contributed by atoms with Crippen molar-refractivity contribution in [3.8, 4) is 0 Å². The van der Waals surface area contributed by atoms with E-state index in [9.17, 15) is 0 Å². The highest BCUT2D eigenvalue weighted by atomic mass is 35.5. The number of hydrogen-bond acceptors (Lipinski definition) is 3. The monoisotopic (exact) mass is 265 g/mol. The smallest absolute Gasteiger partial charge is 0.0110 e. The summed E-state index contributed by atoms with van der Waals surface area (Å²) < 4.78 is 0. The van der Waals surface area contributed by atoms with E-state index in [2.05, 4.69) is 16.8 Å². The fourth-order valence-corrected chi connectivity index (χ4v) is 1.39. The maximum Gasteiger partial charge on any atom is 0.0110 e. The highest BCUT2D eigenvalue weighted by Crippen LogP contribution is 1.98. The molecule has 0 atom stereocenters. The molecule has 1 saturated heterocycles. The lowest BCUT2D eigenvalue weighted by Gasteiger charge is -2.32. The van der Waals surface area contributed by atoms with Crippen molar-refractivity contribution in [3.05, 3.63) is 0 Å². The first-order valence-electron chi connectivity index (χ1n) is 4.44. The van der Waals surface area contributed by atoms with Gasteiger partial charge in [-0.3, -0.25) is 0 Å². The molecule has 0 aromatic carbocycles. The van der Waals surface area contributed by atoms with Crippen molar-refractivity contribution >= 4 is 37.2 Å². The average molecular weight is 267 g/mol. The molecule has 0 spiro atoms. The van der Waals surface area contributed by atoms with Crippen LogP contribution in [0.25, 0.3) is 0 Å². The van der Waals surface area contributed by atoms with Gasteiger partial charge in [-0.1, -0.05) is 0 Å². The molecule has 0 aromatic rings. The molecule has 0 aromatic heterocycles. The minimum Gasteiger partial charge on any atom is -0.330 e. The van der Waals surface area contributed by atoms with Crippen LogP contribution in [0, 0.1) is 0 Å². The van der Waals surface area contributed by atoms with Crippen LogP contribution in [0.3, 0.4) is 0 Å². The molecule has 0 bridgehead atoms. The number of nitrogens with two attached hydrogens (primary N) is 1. The van der Waals surface area contributed by atoms with E-state index in [1.165, 1.54) is 32.7 Å². The highest BCUT2D eigenvalue weighted by molar-refractivity contribution is 5.86. The van der Waals surface area contributed by atoms with E-state index in [1.54, 1.807) is 0 Å². The van der Waals surface area contributed by atoms with Crippen molar-refractivity contribution in [1.82, 2.24) is 9.80 Å². The molecule has 3 nitrogen and oxygen atoms in total. The lowest BCUT2D eigenvalue weighted by Crippen LogP contribution is -2.44.